The van der Waals surface area contributed by atoms with Crippen molar-refractivity contribution in [1.29, 1.82) is 5.26 Å². The summed E-state index contributed by atoms with van der Waals surface area (Å²) in [7, 11) is 0. The fourth-order valence-electron chi connectivity index (χ4n) is 7.10. The van der Waals surface area contributed by atoms with Gasteiger partial charge in [-0.15, -0.1) is 0 Å². The summed E-state index contributed by atoms with van der Waals surface area (Å²) in [4.78, 5) is 2.23. The Labute approximate surface area is 240 Å². The monoisotopic (exact) mass is 534 g/mol. The average Bonchev–Trinajstić information content (AvgIpc) is 3.56. The Balaban J connectivity index is 1.53. The van der Waals surface area contributed by atoms with Crippen LogP contribution in [0.5, 0.6) is 5.75 Å². The predicted octanol–water partition coefficient (Wildman–Crippen LogP) is 8.74. The zero-order valence-electron chi connectivity index (χ0n) is 24.5. The van der Waals surface area contributed by atoms with Crippen LogP contribution in [-0.2, 0) is 5.41 Å². The van der Waals surface area contributed by atoms with E-state index >= 15 is 0 Å². The molecule has 1 heterocycles. The van der Waals surface area contributed by atoms with Gasteiger partial charge in [-0.25, -0.2) is 0 Å². The van der Waals surface area contributed by atoms with E-state index in [-0.39, 0.29) is 5.75 Å². The first kappa shape index (κ1) is 28.0. The van der Waals surface area contributed by atoms with Gasteiger partial charge in [-0.2, -0.15) is 9.84 Å². The Bertz CT molecular complexity index is 1450. The number of benzene rings is 3. The van der Waals surface area contributed by atoms with Crippen molar-refractivity contribution in [3.63, 3.8) is 0 Å². The number of phenolic OH excluding ortho intramolecular Hbond substituents is 1. The third kappa shape index (κ3) is 5.39. The quantitative estimate of drug-likeness (QED) is 0.198. The molecule has 3 aromatic rings. The van der Waals surface area contributed by atoms with E-state index < -0.39 is 5.41 Å². The maximum absolute atomic E-state index is 10.9. The molecule has 208 valence electrons. The Hall–Kier alpha value is -3.58. The van der Waals surface area contributed by atoms with Crippen molar-refractivity contribution in [2.24, 2.45) is 5.92 Å². The first-order chi connectivity index (χ1) is 19.5. The molecule has 0 spiro atoms. The normalized spacial score (nSPS) is 19.1. The van der Waals surface area contributed by atoms with Crippen molar-refractivity contribution in [1.82, 2.24) is 0 Å². The van der Waals surface area contributed by atoms with Crippen LogP contribution in [0, 0.1) is 17.2 Å². The van der Waals surface area contributed by atoms with Crippen LogP contribution in [0.1, 0.15) is 83.3 Å². The number of hydrogen-bond donors (Lipinski definition) is 1. The van der Waals surface area contributed by atoms with Crippen molar-refractivity contribution >= 4 is 33.9 Å². The van der Waals surface area contributed by atoms with Gasteiger partial charge < -0.3 is 10.0 Å². The number of nitriles is 1. The molecule has 0 radical (unpaired) electrons. The third-order valence-corrected chi connectivity index (χ3v) is 9.32. The SMILES string of the molecule is CCN(CC)c1ccc(C=CC2=[N+](CCCCC3CCCC3)c3ccc4ccccc4c3C2(C)CC#N)c(O)c1. The standard InChI is InChI=1S/C36H43N3O/c1-4-38(5-2)30-20-17-29(33(40)26-30)19-22-34-36(3,23-24-37)35-31-16-9-8-15-28(31)18-21-32(35)39(34)25-11-10-14-27-12-6-7-13-27/h8-9,15-22,26-27H,4-7,10-14,23,25H2,1-3H3/p+1. The van der Waals surface area contributed by atoms with Gasteiger partial charge in [-0.3, -0.25) is 0 Å². The number of aromatic hydroxyl groups is 1. The van der Waals surface area contributed by atoms with Crippen LogP contribution in [0.3, 0.4) is 0 Å². The predicted molar refractivity (Wildman–Crippen MR) is 168 cm³/mol. The van der Waals surface area contributed by atoms with Gasteiger partial charge in [0.05, 0.1) is 17.9 Å². The lowest BCUT2D eigenvalue weighted by Gasteiger charge is -2.21. The smallest absolute Gasteiger partial charge is 0.210 e. The second kappa shape index (κ2) is 12.3. The van der Waals surface area contributed by atoms with Crippen LogP contribution < -0.4 is 4.90 Å². The van der Waals surface area contributed by atoms with E-state index in [9.17, 15) is 10.4 Å². The highest BCUT2D eigenvalue weighted by Crippen LogP contribution is 2.46. The Morgan fingerprint density at radius 2 is 1.80 bits per heavy atom. The maximum atomic E-state index is 10.9. The largest absolute Gasteiger partial charge is 0.507 e. The number of nitrogens with zero attached hydrogens (tertiary/aromatic N) is 3. The van der Waals surface area contributed by atoms with E-state index in [2.05, 4.69) is 84.9 Å². The molecule has 1 atom stereocenters. The van der Waals surface area contributed by atoms with E-state index in [1.165, 1.54) is 60.5 Å². The maximum Gasteiger partial charge on any atom is 0.210 e. The van der Waals surface area contributed by atoms with Gasteiger partial charge in [-0.1, -0.05) is 56.4 Å². The number of fused-ring (bicyclic) bond motifs is 3. The number of unbranched alkanes of at least 4 members (excludes halogenated alkanes) is 1. The molecule has 0 saturated heterocycles. The Morgan fingerprint density at radius 1 is 1.02 bits per heavy atom. The first-order valence-electron chi connectivity index (χ1n) is 15.3. The van der Waals surface area contributed by atoms with Crippen LogP contribution in [0.4, 0.5) is 11.4 Å². The zero-order valence-corrected chi connectivity index (χ0v) is 24.5. The van der Waals surface area contributed by atoms with Crippen molar-refractivity contribution in [2.45, 2.75) is 77.6 Å². The Kier molecular flexibility index (Phi) is 8.60. The molecule has 3 aromatic carbocycles. The second-order valence-electron chi connectivity index (χ2n) is 11.8. The molecule has 1 unspecified atom stereocenters. The number of hydrogen-bond acceptors (Lipinski definition) is 3. The molecular formula is C36H44N3O+. The summed E-state index contributed by atoms with van der Waals surface area (Å²) in [6.45, 7) is 9.22. The minimum absolute atomic E-state index is 0.285. The first-order valence-corrected chi connectivity index (χ1v) is 15.3. The molecule has 4 heteroatoms. The summed E-state index contributed by atoms with van der Waals surface area (Å²) >= 11 is 0. The minimum Gasteiger partial charge on any atom is -0.507 e. The highest BCUT2D eigenvalue weighted by atomic mass is 16.3. The fraction of sp³-hybridized carbons (Fsp3) is 0.444. The lowest BCUT2D eigenvalue weighted by atomic mass is 9.75. The topological polar surface area (TPSA) is 50.3 Å². The van der Waals surface area contributed by atoms with E-state index in [1.54, 1.807) is 0 Å². The number of allylic oxidation sites excluding steroid dienone is 1. The number of phenols is 1. The van der Waals surface area contributed by atoms with Gasteiger partial charge in [-0.05, 0) is 68.2 Å². The van der Waals surface area contributed by atoms with Crippen molar-refractivity contribution < 1.29 is 9.68 Å². The summed E-state index contributed by atoms with van der Waals surface area (Å²) in [5.74, 6) is 1.19. The summed E-state index contributed by atoms with van der Waals surface area (Å²) in [6.07, 6.45) is 13.9. The lowest BCUT2D eigenvalue weighted by molar-refractivity contribution is -0.438. The lowest BCUT2D eigenvalue weighted by Crippen LogP contribution is -2.31. The third-order valence-electron chi connectivity index (χ3n) is 9.32. The van der Waals surface area contributed by atoms with Gasteiger partial charge in [0.25, 0.3) is 0 Å². The second-order valence-corrected chi connectivity index (χ2v) is 11.8. The summed E-state index contributed by atoms with van der Waals surface area (Å²) in [5.41, 5.74) is 5.01. The average molecular weight is 535 g/mol. The summed E-state index contributed by atoms with van der Waals surface area (Å²) in [5, 5.41) is 23.4. The molecule has 1 aliphatic heterocycles. The molecule has 1 saturated carbocycles. The molecule has 1 N–H and O–H groups in total. The molecule has 0 aromatic heterocycles. The molecule has 0 amide bonds. The highest BCUT2D eigenvalue weighted by molar-refractivity contribution is 6.09. The van der Waals surface area contributed by atoms with Crippen LogP contribution in [0.25, 0.3) is 16.8 Å². The van der Waals surface area contributed by atoms with Crippen LogP contribution in [-0.4, -0.2) is 35.0 Å². The molecule has 2 aliphatic rings. The van der Waals surface area contributed by atoms with Gasteiger partial charge in [0, 0.05) is 54.5 Å². The van der Waals surface area contributed by atoms with Crippen LogP contribution in [0.2, 0.25) is 0 Å². The molecule has 4 nitrogen and oxygen atoms in total. The minimum atomic E-state index is -0.441. The number of anilines is 1. The van der Waals surface area contributed by atoms with Crippen LogP contribution in [0.15, 0.2) is 60.7 Å². The van der Waals surface area contributed by atoms with E-state index in [1.807, 2.05) is 18.2 Å². The fourth-order valence-corrected chi connectivity index (χ4v) is 7.10. The van der Waals surface area contributed by atoms with Crippen molar-refractivity contribution in [3.8, 4) is 11.8 Å². The number of rotatable bonds is 11. The summed E-state index contributed by atoms with van der Waals surface area (Å²) < 4.78 is 2.46. The zero-order chi connectivity index (χ0) is 28.1. The molecule has 1 fully saturated rings. The van der Waals surface area contributed by atoms with Crippen molar-refractivity contribution in [3.05, 3.63) is 71.8 Å². The van der Waals surface area contributed by atoms with E-state index in [0.717, 1.165) is 48.9 Å². The van der Waals surface area contributed by atoms with Crippen molar-refractivity contribution in [2.75, 3.05) is 24.5 Å². The van der Waals surface area contributed by atoms with E-state index in [0.29, 0.717) is 6.42 Å². The van der Waals surface area contributed by atoms with Gasteiger partial charge in [0.1, 0.15) is 12.3 Å². The molecule has 40 heavy (non-hydrogen) atoms. The van der Waals surface area contributed by atoms with Gasteiger partial charge in [0.15, 0.2) is 5.71 Å². The highest BCUT2D eigenvalue weighted by Gasteiger charge is 2.48. The van der Waals surface area contributed by atoms with Gasteiger partial charge >= 0.3 is 0 Å². The molecule has 1 aliphatic carbocycles. The molecule has 5 rings (SSSR count). The Morgan fingerprint density at radius 3 is 2.52 bits per heavy atom. The molecule has 0 bridgehead atoms. The summed E-state index contributed by atoms with van der Waals surface area (Å²) in [6, 6.07) is 21.5. The van der Waals surface area contributed by atoms with Gasteiger partial charge in [0.2, 0.25) is 5.69 Å². The van der Waals surface area contributed by atoms with E-state index in [4.69, 9.17) is 0 Å². The van der Waals surface area contributed by atoms with Crippen LogP contribution >= 0.6 is 0 Å². The molecular weight excluding hydrogens is 490 g/mol.